The van der Waals surface area contributed by atoms with E-state index in [4.69, 9.17) is 5.11 Å². The summed E-state index contributed by atoms with van der Waals surface area (Å²) in [7, 11) is 0. The van der Waals surface area contributed by atoms with Crippen LogP contribution in [0.1, 0.15) is 12.0 Å². The number of carbonyl (C=O) groups is 1. The Hall–Kier alpha value is -1.69. The molecule has 0 aliphatic carbocycles. The second-order valence-corrected chi connectivity index (χ2v) is 4.18. The molecule has 1 aliphatic rings. The van der Waals surface area contributed by atoms with Gasteiger partial charge in [-0.1, -0.05) is 0 Å². The van der Waals surface area contributed by atoms with Gasteiger partial charge in [0.1, 0.15) is 5.54 Å². The van der Waals surface area contributed by atoms with E-state index < -0.39 is 11.5 Å². The highest BCUT2D eigenvalue weighted by molar-refractivity contribution is 5.68. The third-order valence-electron chi connectivity index (χ3n) is 2.77. The van der Waals surface area contributed by atoms with Crippen molar-refractivity contribution in [2.45, 2.75) is 18.9 Å². The number of hydrogen-bond acceptors (Lipinski definition) is 4. The lowest BCUT2D eigenvalue weighted by Crippen LogP contribution is -2.64. The summed E-state index contributed by atoms with van der Waals surface area (Å²) in [4.78, 5) is 22.5. The summed E-state index contributed by atoms with van der Waals surface area (Å²) in [6.07, 6.45) is 1.49. The minimum absolute atomic E-state index is 0.0873. The van der Waals surface area contributed by atoms with E-state index in [1.807, 2.05) is 0 Å². The van der Waals surface area contributed by atoms with Crippen LogP contribution in [0.5, 0.6) is 0 Å². The number of nitrogens with one attached hydrogen (secondary N) is 1. The Balaban J connectivity index is 2.41. The highest BCUT2D eigenvalue weighted by atomic mass is 16.4. The predicted molar refractivity (Wildman–Crippen MR) is 56.3 cm³/mol. The maximum absolute atomic E-state index is 11.7. The fourth-order valence-corrected chi connectivity index (χ4v) is 1.90. The largest absolute Gasteiger partial charge is 0.481 e. The topological polar surface area (TPSA) is 84.2 Å². The predicted octanol–water partition coefficient (Wildman–Crippen LogP) is -0.675. The zero-order valence-electron chi connectivity index (χ0n) is 8.93. The quantitative estimate of drug-likeness (QED) is 0.709. The number of carboxylic acid groups (broad SMARTS) is 1. The number of aryl methyl sites for hydroxylation is 1. The molecule has 86 valence electrons. The fourth-order valence-electron chi connectivity index (χ4n) is 1.90. The number of hydrogen-bond donors (Lipinski definition) is 2. The van der Waals surface area contributed by atoms with Crippen molar-refractivity contribution in [3.63, 3.8) is 0 Å². The average Bonchev–Trinajstić information content (AvgIpc) is 2.12. The van der Waals surface area contributed by atoms with Crippen LogP contribution in [0.15, 0.2) is 17.1 Å². The van der Waals surface area contributed by atoms with Crippen molar-refractivity contribution in [3.8, 4) is 0 Å². The van der Waals surface area contributed by atoms with E-state index in [-0.39, 0.29) is 12.0 Å². The summed E-state index contributed by atoms with van der Waals surface area (Å²) in [5.74, 6) is -0.921. The first-order valence-electron chi connectivity index (χ1n) is 5.02. The van der Waals surface area contributed by atoms with Gasteiger partial charge in [-0.05, 0) is 12.5 Å². The lowest BCUT2D eigenvalue weighted by Gasteiger charge is -2.41. The smallest absolute Gasteiger partial charge is 0.305 e. The third-order valence-corrected chi connectivity index (χ3v) is 2.77. The number of carboxylic acids is 1. The van der Waals surface area contributed by atoms with Crippen molar-refractivity contribution in [2.75, 3.05) is 13.1 Å². The number of aromatic nitrogens is 2. The van der Waals surface area contributed by atoms with Crippen LogP contribution in [-0.4, -0.2) is 33.9 Å². The van der Waals surface area contributed by atoms with Gasteiger partial charge >= 0.3 is 5.97 Å². The Labute approximate surface area is 91.9 Å². The summed E-state index contributed by atoms with van der Waals surface area (Å²) < 4.78 is 1.28. The van der Waals surface area contributed by atoms with Gasteiger partial charge in [-0.2, -0.15) is 5.10 Å². The van der Waals surface area contributed by atoms with E-state index in [9.17, 15) is 9.59 Å². The summed E-state index contributed by atoms with van der Waals surface area (Å²) in [6, 6.07) is 1.47. The Bertz CT molecular complexity index is 476. The van der Waals surface area contributed by atoms with E-state index in [1.165, 1.54) is 10.7 Å². The molecule has 6 heteroatoms. The van der Waals surface area contributed by atoms with Crippen LogP contribution in [0.4, 0.5) is 0 Å². The molecule has 1 aromatic heterocycles. The minimum atomic E-state index is -0.921. The first-order valence-corrected chi connectivity index (χ1v) is 5.02. The Kier molecular flexibility index (Phi) is 2.51. The van der Waals surface area contributed by atoms with Gasteiger partial charge in [0.15, 0.2) is 0 Å². The molecule has 6 nitrogen and oxygen atoms in total. The van der Waals surface area contributed by atoms with E-state index >= 15 is 0 Å². The monoisotopic (exact) mass is 223 g/mol. The van der Waals surface area contributed by atoms with Crippen molar-refractivity contribution in [3.05, 3.63) is 28.2 Å². The molecule has 0 bridgehead atoms. The molecule has 1 fully saturated rings. The number of aliphatic carboxylic acids is 1. The van der Waals surface area contributed by atoms with Gasteiger partial charge in [0.05, 0.1) is 12.6 Å². The van der Waals surface area contributed by atoms with Crippen molar-refractivity contribution < 1.29 is 9.90 Å². The molecule has 0 spiro atoms. The lowest BCUT2D eigenvalue weighted by molar-refractivity contribution is -0.140. The molecular weight excluding hydrogens is 210 g/mol. The zero-order valence-corrected chi connectivity index (χ0v) is 8.93. The molecule has 1 aromatic rings. The van der Waals surface area contributed by atoms with Crippen LogP contribution < -0.4 is 10.9 Å². The fraction of sp³-hybridized carbons (Fsp3) is 0.500. The normalized spacial score (nSPS) is 17.8. The molecule has 0 radical (unpaired) electrons. The molecule has 0 amide bonds. The summed E-state index contributed by atoms with van der Waals surface area (Å²) >= 11 is 0. The lowest BCUT2D eigenvalue weighted by atomic mass is 9.88. The molecule has 2 rings (SSSR count). The molecule has 0 atom stereocenters. The van der Waals surface area contributed by atoms with E-state index in [0.29, 0.717) is 13.1 Å². The summed E-state index contributed by atoms with van der Waals surface area (Å²) in [5.41, 5.74) is -0.168. The van der Waals surface area contributed by atoms with Crippen molar-refractivity contribution in [1.29, 1.82) is 0 Å². The Morgan fingerprint density at radius 3 is 2.81 bits per heavy atom. The first-order chi connectivity index (χ1) is 7.53. The van der Waals surface area contributed by atoms with E-state index in [1.54, 1.807) is 13.1 Å². The molecule has 0 aromatic carbocycles. The summed E-state index contributed by atoms with van der Waals surface area (Å²) in [5, 5.41) is 15.9. The van der Waals surface area contributed by atoms with Gasteiger partial charge in [-0.3, -0.25) is 9.59 Å². The molecule has 0 saturated carbocycles. The second kappa shape index (κ2) is 3.71. The Morgan fingerprint density at radius 1 is 1.69 bits per heavy atom. The number of nitrogens with zero attached hydrogens (tertiary/aromatic N) is 2. The van der Waals surface area contributed by atoms with Crippen molar-refractivity contribution >= 4 is 5.97 Å². The first kappa shape index (κ1) is 10.8. The molecule has 0 unspecified atom stereocenters. The van der Waals surface area contributed by atoms with Crippen molar-refractivity contribution in [1.82, 2.24) is 15.1 Å². The van der Waals surface area contributed by atoms with Crippen molar-refractivity contribution in [2.24, 2.45) is 0 Å². The van der Waals surface area contributed by atoms with Gasteiger partial charge in [0.25, 0.3) is 5.56 Å². The SMILES string of the molecule is Cc1cnn(C2(CC(=O)O)CNC2)c(=O)c1. The van der Waals surface area contributed by atoms with Gasteiger partial charge < -0.3 is 10.4 Å². The molecular formula is C10H13N3O3. The molecule has 2 N–H and O–H groups in total. The summed E-state index contributed by atoms with van der Waals surface area (Å²) in [6.45, 7) is 2.71. The van der Waals surface area contributed by atoms with Crippen LogP contribution in [-0.2, 0) is 10.3 Å². The Morgan fingerprint density at radius 2 is 2.38 bits per heavy atom. The number of rotatable bonds is 3. The van der Waals surface area contributed by atoms with Crippen LogP contribution in [0.2, 0.25) is 0 Å². The molecule has 1 aliphatic heterocycles. The van der Waals surface area contributed by atoms with Gasteiger partial charge in [0, 0.05) is 19.2 Å². The van der Waals surface area contributed by atoms with Crippen LogP contribution >= 0.6 is 0 Å². The van der Waals surface area contributed by atoms with Gasteiger partial charge in [-0.25, -0.2) is 4.68 Å². The maximum Gasteiger partial charge on any atom is 0.305 e. The second-order valence-electron chi connectivity index (χ2n) is 4.18. The third kappa shape index (κ3) is 1.71. The van der Waals surface area contributed by atoms with Crippen LogP contribution in [0.25, 0.3) is 0 Å². The van der Waals surface area contributed by atoms with Gasteiger partial charge in [0.2, 0.25) is 0 Å². The molecule has 16 heavy (non-hydrogen) atoms. The highest BCUT2D eigenvalue weighted by Gasteiger charge is 2.42. The minimum Gasteiger partial charge on any atom is -0.481 e. The zero-order chi connectivity index (χ0) is 11.8. The van der Waals surface area contributed by atoms with E-state index in [0.717, 1.165) is 5.56 Å². The molecule has 1 saturated heterocycles. The maximum atomic E-state index is 11.7. The van der Waals surface area contributed by atoms with Gasteiger partial charge in [-0.15, -0.1) is 0 Å². The standard InChI is InChI=1S/C10H13N3O3/c1-7-2-8(14)13(12-4-7)10(3-9(15)16)5-11-6-10/h2,4,11H,3,5-6H2,1H3,(H,15,16). The van der Waals surface area contributed by atoms with Crippen LogP contribution in [0, 0.1) is 6.92 Å². The van der Waals surface area contributed by atoms with E-state index in [2.05, 4.69) is 10.4 Å². The molecule has 2 heterocycles. The van der Waals surface area contributed by atoms with Crippen LogP contribution in [0.3, 0.4) is 0 Å². The highest BCUT2D eigenvalue weighted by Crippen LogP contribution is 2.23. The average molecular weight is 223 g/mol.